The topological polar surface area (TPSA) is 58.6 Å². The van der Waals surface area contributed by atoms with Crippen molar-refractivity contribution in [1.29, 1.82) is 0 Å². The Bertz CT molecular complexity index is 616. The molecular weight excluding hydrogens is 273 g/mol. The van der Waals surface area contributed by atoms with Crippen LogP contribution in [-0.2, 0) is 11.3 Å². The van der Waals surface area contributed by atoms with Gasteiger partial charge in [0, 0.05) is 6.54 Å². The summed E-state index contributed by atoms with van der Waals surface area (Å²) in [6.07, 6.45) is 0. The van der Waals surface area contributed by atoms with Gasteiger partial charge < -0.3 is 9.84 Å². The number of methoxy groups -OCH3 is 1. The number of nitrogens with one attached hydrogen (secondary N) is 1. The summed E-state index contributed by atoms with van der Waals surface area (Å²) in [6.45, 7) is 0.380. The third-order valence-electron chi connectivity index (χ3n) is 3.11. The zero-order chi connectivity index (χ0) is 15.2. The zero-order valence-corrected chi connectivity index (χ0v) is 11.5. The average molecular weight is 289 g/mol. The van der Waals surface area contributed by atoms with Crippen LogP contribution in [0.2, 0.25) is 0 Å². The van der Waals surface area contributed by atoms with E-state index in [0.29, 0.717) is 12.1 Å². The molecule has 21 heavy (non-hydrogen) atoms. The van der Waals surface area contributed by atoms with E-state index in [1.165, 1.54) is 19.2 Å². The van der Waals surface area contributed by atoms with Gasteiger partial charge in [0.1, 0.15) is 6.04 Å². The summed E-state index contributed by atoms with van der Waals surface area (Å²) >= 11 is 0. The number of carboxylic acids is 1. The summed E-state index contributed by atoms with van der Waals surface area (Å²) in [5.74, 6) is -1.55. The molecule has 0 heterocycles. The van der Waals surface area contributed by atoms with Crippen LogP contribution in [-0.4, -0.2) is 18.2 Å². The van der Waals surface area contributed by atoms with E-state index >= 15 is 0 Å². The molecule has 0 fully saturated rings. The number of rotatable bonds is 6. The molecule has 0 amide bonds. The van der Waals surface area contributed by atoms with E-state index in [-0.39, 0.29) is 5.75 Å². The molecule has 0 bridgehead atoms. The Labute approximate surface area is 122 Å². The fourth-order valence-corrected chi connectivity index (χ4v) is 2.03. The minimum Gasteiger partial charge on any atom is -0.494 e. The normalized spacial score (nSPS) is 11.9. The molecule has 2 aromatic carbocycles. The predicted octanol–water partition coefficient (Wildman–Crippen LogP) is 2.75. The molecule has 2 aromatic rings. The Morgan fingerprint density at radius 1 is 1.29 bits per heavy atom. The molecule has 5 heteroatoms. The molecule has 0 aliphatic rings. The van der Waals surface area contributed by atoms with Crippen molar-refractivity contribution in [2.24, 2.45) is 0 Å². The van der Waals surface area contributed by atoms with Crippen LogP contribution in [0.3, 0.4) is 0 Å². The van der Waals surface area contributed by atoms with Gasteiger partial charge in [-0.25, -0.2) is 4.39 Å². The highest BCUT2D eigenvalue weighted by atomic mass is 19.1. The summed E-state index contributed by atoms with van der Waals surface area (Å²) in [5.41, 5.74) is 1.30. The predicted molar refractivity (Wildman–Crippen MR) is 76.6 cm³/mol. The molecule has 0 radical (unpaired) electrons. The summed E-state index contributed by atoms with van der Waals surface area (Å²) in [4.78, 5) is 11.4. The maximum atomic E-state index is 13.7. The highest BCUT2D eigenvalue weighted by molar-refractivity contribution is 5.75. The molecule has 1 unspecified atom stereocenters. The van der Waals surface area contributed by atoms with Crippen molar-refractivity contribution in [3.05, 3.63) is 65.5 Å². The molecule has 2 rings (SSSR count). The van der Waals surface area contributed by atoms with Gasteiger partial charge in [0.2, 0.25) is 0 Å². The second-order valence-electron chi connectivity index (χ2n) is 4.53. The van der Waals surface area contributed by atoms with Crippen LogP contribution >= 0.6 is 0 Å². The van der Waals surface area contributed by atoms with E-state index in [9.17, 15) is 14.3 Å². The first kappa shape index (κ1) is 15.0. The molecule has 110 valence electrons. The first-order valence-corrected chi connectivity index (χ1v) is 6.45. The van der Waals surface area contributed by atoms with Crippen LogP contribution in [0, 0.1) is 5.82 Å². The molecule has 0 aromatic heterocycles. The average Bonchev–Trinajstić information content (AvgIpc) is 2.48. The van der Waals surface area contributed by atoms with Crippen molar-refractivity contribution in [3.8, 4) is 5.75 Å². The van der Waals surface area contributed by atoms with Crippen molar-refractivity contribution in [1.82, 2.24) is 5.32 Å². The largest absolute Gasteiger partial charge is 0.494 e. The smallest absolute Gasteiger partial charge is 0.325 e. The number of halogens is 1. The summed E-state index contributed by atoms with van der Waals surface area (Å²) in [6, 6.07) is 12.6. The number of hydrogen-bond donors (Lipinski definition) is 2. The fourth-order valence-electron chi connectivity index (χ4n) is 2.03. The third kappa shape index (κ3) is 3.79. The van der Waals surface area contributed by atoms with Crippen LogP contribution in [0.5, 0.6) is 5.75 Å². The van der Waals surface area contributed by atoms with Crippen LogP contribution in [0.25, 0.3) is 0 Å². The van der Waals surface area contributed by atoms with Gasteiger partial charge >= 0.3 is 5.97 Å². The minimum atomic E-state index is -1.06. The maximum Gasteiger partial charge on any atom is 0.325 e. The quantitative estimate of drug-likeness (QED) is 0.858. The van der Waals surface area contributed by atoms with Gasteiger partial charge in [-0.1, -0.05) is 36.4 Å². The van der Waals surface area contributed by atoms with Crippen LogP contribution < -0.4 is 10.1 Å². The highest BCUT2D eigenvalue weighted by Gasteiger charge is 2.20. The Morgan fingerprint density at radius 2 is 2.00 bits per heavy atom. The second kappa shape index (κ2) is 6.85. The fraction of sp³-hybridized carbons (Fsp3) is 0.188. The van der Waals surface area contributed by atoms with E-state index in [4.69, 9.17) is 4.74 Å². The van der Waals surface area contributed by atoms with E-state index in [2.05, 4.69) is 5.32 Å². The van der Waals surface area contributed by atoms with Gasteiger partial charge in [-0.3, -0.25) is 10.1 Å². The Hall–Kier alpha value is -2.40. The standard InChI is InChI=1S/C16H16FNO3/c1-21-14-8-7-12(9-13(14)17)15(16(19)20)18-10-11-5-3-2-4-6-11/h2-9,15,18H,10H2,1H3,(H,19,20). The molecule has 4 nitrogen and oxygen atoms in total. The third-order valence-corrected chi connectivity index (χ3v) is 3.11. The van der Waals surface area contributed by atoms with Crippen molar-refractivity contribution in [3.63, 3.8) is 0 Å². The van der Waals surface area contributed by atoms with Crippen molar-refractivity contribution < 1.29 is 19.0 Å². The first-order chi connectivity index (χ1) is 10.1. The number of benzene rings is 2. The maximum absolute atomic E-state index is 13.7. The van der Waals surface area contributed by atoms with Crippen molar-refractivity contribution in [2.75, 3.05) is 7.11 Å². The molecule has 2 N–H and O–H groups in total. The van der Waals surface area contributed by atoms with E-state index in [0.717, 1.165) is 5.56 Å². The SMILES string of the molecule is COc1ccc(C(NCc2ccccc2)C(=O)O)cc1F. The molecule has 0 aliphatic carbocycles. The monoisotopic (exact) mass is 289 g/mol. The number of hydrogen-bond acceptors (Lipinski definition) is 3. The summed E-state index contributed by atoms with van der Waals surface area (Å²) < 4.78 is 18.5. The van der Waals surface area contributed by atoms with E-state index in [1.807, 2.05) is 30.3 Å². The molecule has 1 atom stereocenters. The van der Waals surface area contributed by atoms with Gasteiger partial charge in [-0.2, -0.15) is 0 Å². The number of ether oxygens (including phenoxy) is 1. The summed E-state index contributed by atoms with van der Waals surface area (Å²) in [5, 5.41) is 12.2. The molecular formula is C16H16FNO3. The first-order valence-electron chi connectivity index (χ1n) is 6.45. The molecule has 0 spiro atoms. The lowest BCUT2D eigenvalue weighted by molar-refractivity contribution is -0.139. The lowest BCUT2D eigenvalue weighted by Gasteiger charge is -2.15. The number of carbonyl (C=O) groups is 1. The molecule has 0 saturated carbocycles. The van der Waals surface area contributed by atoms with Gasteiger partial charge in [0.15, 0.2) is 11.6 Å². The molecule has 0 saturated heterocycles. The Kier molecular flexibility index (Phi) is 4.90. The van der Waals surface area contributed by atoms with Crippen LogP contribution in [0.4, 0.5) is 4.39 Å². The molecule has 0 aliphatic heterocycles. The number of aliphatic carboxylic acids is 1. The lowest BCUT2D eigenvalue weighted by Crippen LogP contribution is -2.28. The lowest BCUT2D eigenvalue weighted by atomic mass is 10.1. The van der Waals surface area contributed by atoms with Crippen molar-refractivity contribution in [2.45, 2.75) is 12.6 Å². The minimum absolute atomic E-state index is 0.0888. The zero-order valence-electron chi connectivity index (χ0n) is 11.5. The van der Waals surface area contributed by atoms with Crippen molar-refractivity contribution >= 4 is 5.97 Å². The van der Waals surface area contributed by atoms with E-state index < -0.39 is 17.8 Å². The summed E-state index contributed by atoms with van der Waals surface area (Å²) in [7, 11) is 1.36. The highest BCUT2D eigenvalue weighted by Crippen LogP contribution is 2.22. The van der Waals surface area contributed by atoms with Gasteiger partial charge in [0.05, 0.1) is 7.11 Å². The van der Waals surface area contributed by atoms with Gasteiger partial charge in [-0.05, 0) is 23.3 Å². The van der Waals surface area contributed by atoms with Crippen LogP contribution in [0.1, 0.15) is 17.2 Å². The van der Waals surface area contributed by atoms with Gasteiger partial charge in [-0.15, -0.1) is 0 Å². The number of carboxylic acid groups (broad SMARTS) is 1. The van der Waals surface area contributed by atoms with Gasteiger partial charge in [0.25, 0.3) is 0 Å². The Morgan fingerprint density at radius 3 is 2.57 bits per heavy atom. The van der Waals surface area contributed by atoms with Crippen LogP contribution in [0.15, 0.2) is 48.5 Å². The Balaban J connectivity index is 2.15. The van der Waals surface area contributed by atoms with E-state index in [1.54, 1.807) is 6.07 Å². The second-order valence-corrected chi connectivity index (χ2v) is 4.53.